The molecule has 2 aliphatic heterocycles. The van der Waals surface area contributed by atoms with Crippen LogP contribution in [-0.4, -0.2) is 38.7 Å². The molecule has 0 radical (unpaired) electrons. The van der Waals surface area contributed by atoms with Gasteiger partial charge in [0.25, 0.3) is 5.91 Å². The molecule has 0 bridgehead atoms. The molecule has 1 amide bonds. The van der Waals surface area contributed by atoms with Crippen LogP contribution in [0.5, 0.6) is 0 Å². The van der Waals surface area contributed by atoms with Crippen molar-refractivity contribution in [1.82, 2.24) is 19.7 Å². The molecule has 1 aliphatic carbocycles. The van der Waals surface area contributed by atoms with Gasteiger partial charge in [0.1, 0.15) is 11.6 Å². The molecule has 31 heavy (non-hydrogen) atoms. The Hall–Kier alpha value is -3.22. The first kappa shape index (κ1) is 18.5. The summed E-state index contributed by atoms with van der Waals surface area (Å²) in [5, 5.41) is 7.60. The topological polar surface area (TPSA) is 63.1 Å². The molecule has 1 atom stereocenters. The lowest BCUT2D eigenvalue weighted by atomic mass is 9.95. The zero-order valence-electron chi connectivity index (χ0n) is 17.4. The summed E-state index contributed by atoms with van der Waals surface area (Å²) in [6.07, 6.45) is 9.48. The van der Waals surface area contributed by atoms with E-state index in [-0.39, 0.29) is 22.9 Å². The molecular formula is C24H24FN5O. The number of hydrogen-bond acceptors (Lipinski definition) is 4. The number of pyridine rings is 1. The Bertz CT molecular complexity index is 1200. The van der Waals surface area contributed by atoms with E-state index in [1.165, 1.54) is 5.56 Å². The lowest BCUT2D eigenvalue weighted by Gasteiger charge is -2.24. The Kier molecular flexibility index (Phi) is 3.97. The maximum atomic E-state index is 15.6. The minimum absolute atomic E-state index is 0.0632. The lowest BCUT2D eigenvalue weighted by molar-refractivity contribution is 0.0731. The number of aromatic nitrogens is 3. The van der Waals surface area contributed by atoms with Crippen LogP contribution in [0.3, 0.4) is 0 Å². The predicted octanol–water partition coefficient (Wildman–Crippen LogP) is 4.06. The van der Waals surface area contributed by atoms with E-state index in [9.17, 15) is 4.79 Å². The fourth-order valence-corrected chi connectivity index (χ4v) is 5.15. The Labute approximate surface area is 180 Å². The average Bonchev–Trinajstić information content (AvgIpc) is 3.08. The summed E-state index contributed by atoms with van der Waals surface area (Å²) in [6.45, 7) is 1.53. The van der Waals surface area contributed by atoms with Gasteiger partial charge in [-0.15, -0.1) is 0 Å². The molecule has 2 fully saturated rings. The van der Waals surface area contributed by atoms with Crippen molar-refractivity contribution in [2.75, 3.05) is 18.4 Å². The second-order valence-electron chi connectivity index (χ2n) is 9.03. The second kappa shape index (κ2) is 6.64. The first-order chi connectivity index (χ1) is 15.1. The van der Waals surface area contributed by atoms with Gasteiger partial charge in [0, 0.05) is 60.2 Å². The largest absolute Gasteiger partial charge is 0.369 e. The lowest BCUT2D eigenvalue weighted by Crippen LogP contribution is -2.31. The second-order valence-corrected chi connectivity index (χ2v) is 9.03. The van der Waals surface area contributed by atoms with Gasteiger partial charge in [0.15, 0.2) is 0 Å². The molecule has 0 unspecified atom stereocenters. The Morgan fingerprint density at radius 1 is 1.29 bits per heavy atom. The Morgan fingerprint density at radius 2 is 2.16 bits per heavy atom. The third kappa shape index (κ3) is 2.86. The fraction of sp³-hybridized carbons (Fsp3) is 0.375. The number of carbonyl (C=O) groups excluding carboxylic acids is 1. The molecule has 1 saturated carbocycles. The first-order valence-electron chi connectivity index (χ1n) is 10.9. The molecule has 1 N–H and O–H groups in total. The highest BCUT2D eigenvalue weighted by molar-refractivity contribution is 5.96. The van der Waals surface area contributed by atoms with Crippen molar-refractivity contribution in [3.63, 3.8) is 0 Å². The summed E-state index contributed by atoms with van der Waals surface area (Å²) >= 11 is 0. The van der Waals surface area contributed by atoms with E-state index in [1.807, 2.05) is 13.2 Å². The van der Waals surface area contributed by atoms with Gasteiger partial charge >= 0.3 is 0 Å². The number of rotatable bonds is 3. The van der Waals surface area contributed by atoms with Gasteiger partial charge in [0.2, 0.25) is 0 Å². The monoisotopic (exact) mass is 417 g/mol. The fourth-order valence-electron chi connectivity index (χ4n) is 5.15. The highest BCUT2D eigenvalue weighted by atomic mass is 19.1. The van der Waals surface area contributed by atoms with Crippen LogP contribution in [0, 0.1) is 5.82 Å². The summed E-state index contributed by atoms with van der Waals surface area (Å²) in [5.41, 5.74) is 3.63. The zero-order chi connectivity index (χ0) is 21.2. The van der Waals surface area contributed by atoms with Crippen molar-refractivity contribution >= 4 is 11.7 Å². The van der Waals surface area contributed by atoms with Gasteiger partial charge < -0.3 is 10.2 Å². The molecule has 3 aromatic rings. The van der Waals surface area contributed by atoms with E-state index >= 15 is 4.39 Å². The third-order valence-electron chi connectivity index (χ3n) is 7.07. The number of nitrogens with zero attached hydrogens (tertiary/aromatic N) is 4. The summed E-state index contributed by atoms with van der Waals surface area (Å²) in [6, 6.07) is 7.08. The summed E-state index contributed by atoms with van der Waals surface area (Å²) in [4.78, 5) is 19.7. The SMILES string of the molecule is Cn1cc([C@H]2CCCN2C(=O)c2cccc(-c3cnc4c(c3)C3(CC3)CN4)c2F)cn1. The number of nitrogens with one attached hydrogen (secondary N) is 1. The number of halogens is 1. The van der Waals surface area contributed by atoms with Crippen molar-refractivity contribution in [3.05, 3.63) is 65.4 Å². The van der Waals surface area contributed by atoms with Crippen molar-refractivity contribution in [2.24, 2.45) is 7.05 Å². The minimum Gasteiger partial charge on any atom is -0.369 e. The number of hydrogen-bond donors (Lipinski definition) is 1. The van der Waals surface area contributed by atoms with Gasteiger partial charge in [-0.2, -0.15) is 5.10 Å². The quantitative estimate of drug-likeness (QED) is 0.698. The normalized spacial score (nSPS) is 20.7. The van der Waals surface area contributed by atoms with Crippen molar-refractivity contribution < 1.29 is 9.18 Å². The number of fused-ring (bicyclic) bond motifs is 2. The van der Waals surface area contributed by atoms with Crippen LogP contribution in [0.15, 0.2) is 42.9 Å². The van der Waals surface area contributed by atoms with Crippen LogP contribution in [0.25, 0.3) is 11.1 Å². The van der Waals surface area contributed by atoms with Crippen LogP contribution < -0.4 is 5.32 Å². The summed E-state index contributed by atoms with van der Waals surface area (Å²) in [7, 11) is 1.86. The zero-order valence-corrected chi connectivity index (χ0v) is 17.4. The molecule has 6 rings (SSSR count). The molecule has 3 aliphatic rings. The average molecular weight is 417 g/mol. The molecule has 7 heteroatoms. The standard InChI is InChI=1S/C24H24FN5O/c1-29-13-16(12-28-29)20-6-3-9-30(20)23(31)18-5-2-4-17(21(18)25)15-10-19-22(26-11-15)27-14-24(19)7-8-24/h2,4-5,10-13,20H,3,6-9,14H2,1H3,(H,26,27)/t20-/m1/s1. The number of anilines is 1. The van der Waals surface area contributed by atoms with E-state index in [4.69, 9.17) is 0 Å². The third-order valence-corrected chi connectivity index (χ3v) is 7.07. The Morgan fingerprint density at radius 3 is 2.94 bits per heavy atom. The molecule has 158 valence electrons. The van der Waals surface area contributed by atoms with Crippen LogP contribution in [-0.2, 0) is 12.5 Å². The maximum absolute atomic E-state index is 15.6. The molecule has 2 aromatic heterocycles. The molecule has 1 saturated heterocycles. The summed E-state index contributed by atoms with van der Waals surface area (Å²) in [5.74, 6) is 0.173. The number of benzene rings is 1. The molecule has 1 aromatic carbocycles. The molecule has 4 heterocycles. The smallest absolute Gasteiger partial charge is 0.257 e. The Balaban J connectivity index is 1.35. The first-order valence-corrected chi connectivity index (χ1v) is 10.9. The van der Waals surface area contributed by atoms with Crippen LogP contribution >= 0.6 is 0 Å². The minimum atomic E-state index is -0.470. The van der Waals surface area contributed by atoms with Gasteiger partial charge in [0.05, 0.1) is 17.8 Å². The van der Waals surface area contributed by atoms with E-state index in [2.05, 4.69) is 21.5 Å². The number of carbonyl (C=O) groups is 1. The van der Waals surface area contributed by atoms with Crippen molar-refractivity contribution in [2.45, 2.75) is 37.1 Å². The van der Waals surface area contributed by atoms with Gasteiger partial charge in [-0.1, -0.05) is 12.1 Å². The maximum Gasteiger partial charge on any atom is 0.257 e. The molecule has 1 spiro atoms. The van der Waals surface area contributed by atoms with Crippen molar-refractivity contribution in [1.29, 1.82) is 0 Å². The van der Waals surface area contributed by atoms with Crippen LogP contribution in [0.4, 0.5) is 10.2 Å². The van der Waals surface area contributed by atoms with E-state index in [0.29, 0.717) is 12.1 Å². The van der Waals surface area contributed by atoms with E-state index in [0.717, 1.165) is 49.2 Å². The van der Waals surface area contributed by atoms with Gasteiger partial charge in [-0.3, -0.25) is 9.48 Å². The van der Waals surface area contributed by atoms with Gasteiger partial charge in [-0.05, 0) is 37.8 Å². The van der Waals surface area contributed by atoms with Crippen molar-refractivity contribution in [3.8, 4) is 11.1 Å². The molecular weight excluding hydrogens is 393 g/mol. The number of likely N-dealkylation sites (tertiary alicyclic amines) is 1. The summed E-state index contributed by atoms with van der Waals surface area (Å²) < 4.78 is 17.4. The highest BCUT2D eigenvalue weighted by Crippen LogP contribution is 2.54. The van der Waals surface area contributed by atoms with Crippen LogP contribution in [0.2, 0.25) is 0 Å². The number of aryl methyl sites for hydroxylation is 1. The number of amides is 1. The predicted molar refractivity (Wildman–Crippen MR) is 115 cm³/mol. The highest BCUT2D eigenvalue weighted by Gasteiger charge is 2.49. The van der Waals surface area contributed by atoms with Crippen LogP contribution in [0.1, 0.15) is 53.2 Å². The van der Waals surface area contributed by atoms with E-state index < -0.39 is 5.82 Å². The van der Waals surface area contributed by atoms with Gasteiger partial charge in [-0.25, -0.2) is 9.37 Å². The van der Waals surface area contributed by atoms with E-state index in [1.54, 1.807) is 40.2 Å². The molecule has 6 nitrogen and oxygen atoms in total.